The van der Waals surface area contributed by atoms with E-state index in [-0.39, 0.29) is 27.7 Å². The van der Waals surface area contributed by atoms with Crippen LogP contribution >= 0.6 is 46.2 Å². The van der Waals surface area contributed by atoms with Crippen LogP contribution in [0.4, 0.5) is 13.9 Å². The standard InChI is InChI=1S/C24H17F2N5O6S4/c25-9-37-30-17(13-8-40-24(27)28-13)20(33)29-18-21(34)31-19(23(35)36)10(7-39-22(18)31)3-4-38-16-6-14(32)12-2-1-11(26)5-15(12)41-16/h1-6,8,18,22H,7,9H2,(H2,27,28)(H,29,33)(H,35,36)/t18?,22-/m0/s1. The fourth-order valence-electron chi connectivity index (χ4n) is 4.02. The highest BCUT2D eigenvalue weighted by Crippen LogP contribution is 2.41. The van der Waals surface area contributed by atoms with E-state index in [2.05, 4.69) is 20.3 Å². The molecular formula is C24H17F2N5O6S4. The second-order valence-corrected chi connectivity index (χ2v) is 12.6. The summed E-state index contributed by atoms with van der Waals surface area (Å²) < 4.78 is 27.2. The summed E-state index contributed by atoms with van der Waals surface area (Å²) >= 11 is 4.62. The minimum absolute atomic E-state index is 0.0241. The number of carbonyl (C=O) groups is 3. The van der Waals surface area contributed by atoms with Gasteiger partial charge >= 0.3 is 5.97 Å². The molecule has 3 aromatic rings. The van der Waals surface area contributed by atoms with E-state index in [9.17, 15) is 33.1 Å². The number of thiazole rings is 1. The number of carboxylic acids is 1. The lowest BCUT2D eigenvalue weighted by Crippen LogP contribution is -2.71. The molecule has 1 saturated heterocycles. The topological polar surface area (TPSA) is 164 Å². The lowest BCUT2D eigenvalue weighted by Gasteiger charge is -2.49. The molecular weight excluding hydrogens is 621 g/mol. The largest absolute Gasteiger partial charge is 0.477 e. The average Bonchev–Trinajstić information content (AvgIpc) is 3.36. The van der Waals surface area contributed by atoms with Gasteiger partial charge in [0.15, 0.2) is 16.3 Å². The normalized spacial score (nSPS) is 18.9. The average molecular weight is 638 g/mol. The molecule has 11 nitrogen and oxygen atoms in total. The van der Waals surface area contributed by atoms with E-state index in [1.165, 1.54) is 58.8 Å². The minimum atomic E-state index is -1.33. The van der Waals surface area contributed by atoms with Gasteiger partial charge in [-0.25, -0.2) is 18.6 Å². The SMILES string of the molecule is Nc1nc(C(=NOCF)C(=O)NC2C(=O)N3C(C(=O)O)=C(C=CSc4cc(=O)c5ccc(F)cc5s4)CS[C@@H]23)cs1. The van der Waals surface area contributed by atoms with Crippen molar-refractivity contribution in [2.45, 2.75) is 15.6 Å². The van der Waals surface area contributed by atoms with E-state index in [0.29, 0.717) is 19.9 Å². The summed E-state index contributed by atoms with van der Waals surface area (Å²) in [7, 11) is 0. The number of alkyl halides is 1. The first-order chi connectivity index (χ1) is 19.7. The van der Waals surface area contributed by atoms with Crippen LogP contribution in [-0.4, -0.2) is 62.5 Å². The predicted octanol–water partition coefficient (Wildman–Crippen LogP) is 3.13. The summed E-state index contributed by atoms with van der Waals surface area (Å²) in [6.07, 6.45) is 1.54. The Morgan fingerprint density at radius 2 is 2.15 bits per heavy atom. The van der Waals surface area contributed by atoms with Crippen molar-refractivity contribution in [3.05, 3.63) is 74.1 Å². The Morgan fingerprint density at radius 3 is 2.85 bits per heavy atom. The molecule has 212 valence electrons. The number of aliphatic carboxylic acids is 1. The Labute approximate surface area is 245 Å². The third-order valence-electron chi connectivity index (χ3n) is 5.79. The van der Waals surface area contributed by atoms with Crippen LogP contribution in [0.15, 0.2) is 66.6 Å². The van der Waals surface area contributed by atoms with Gasteiger partial charge in [0, 0.05) is 27.3 Å². The van der Waals surface area contributed by atoms with Gasteiger partial charge in [-0.1, -0.05) is 16.9 Å². The van der Waals surface area contributed by atoms with Crippen LogP contribution in [0, 0.1) is 5.82 Å². The van der Waals surface area contributed by atoms with E-state index in [1.807, 2.05) is 0 Å². The number of nitrogens with one attached hydrogen (secondary N) is 1. The number of benzene rings is 1. The Hall–Kier alpha value is -3.80. The van der Waals surface area contributed by atoms with Gasteiger partial charge in [0.2, 0.25) is 0 Å². The summed E-state index contributed by atoms with van der Waals surface area (Å²) in [5.41, 5.74) is 5.07. The number of anilines is 1. The molecule has 4 N–H and O–H groups in total. The monoisotopic (exact) mass is 637 g/mol. The number of amides is 2. The molecule has 0 saturated carbocycles. The number of halogens is 2. The van der Waals surface area contributed by atoms with E-state index in [4.69, 9.17) is 5.73 Å². The third kappa shape index (κ3) is 5.83. The third-order valence-corrected chi connectivity index (χ3v) is 9.81. The summed E-state index contributed by atoms with van der Waals surface area (Å²) in [6.45, 7) is -1.30. The predicted molar refractivity (Wildman–Crippen MR) is 153 cm³/mol. The smallest absolute Gasteiger partial charge is 0.352 e. The van der Waals surface area contributed by atoms with Crippen LogP contribution in [-0.2, 0) is 19.2 Å². The van der Waals surface area contributed by atoms with Crippen molar-refractivity contribution in [2.75, 3.05) is 18.3 Å². The second-order valence-electron chi connectivity index (χ2n) is 8.28. The van der Waals surface area contributed by atoms with Gasteiger partial charge in [-0.3, -0.25) is 19.3 Å². The van der Waals surface area contributed by atoms with E-state index in [1.54, 1.807) is 5.41 Å². The Bertz CT molecular complexity index is 1720. The highest BCUT2D eigenvalue weighted by molar-refractivity contribution is 8.04. The molecule has 41 heavy (non-hydrogen) atoms. The van der Waals surface area contributed by atoms with Gasteiger partial charge in [0.05, 0.1) is 4.21 Å². The van der Waals surface area contributed by atoms with Gasteiger partial charge in [0.1, 0.15) is 28.6 Å². The molecule has 2 aliphatic heterocycles. The number of fused-ring (bicyclic) bond motifs is 2. The number of thioether (sulfide) groups is 2. The highest BCUT2D eigenvalue weighted by atomic mass is 32.2. The van der Waals surface area contributed by atoms with Crippen LogP contribution in [0.25, 0.3) is 10.1 Å². The van der Waals surface area contributed by atoms with E-state index < -0.39 is 47.6 Å². The molecule has 2 amide bonds. The van der Waals surface area contributed by atoms with Crippen LogP contribution < -0.4 is 16.5 Å². The molecule has 1 fully saturated rings. The van der Waals surface area contributed by atoms with E-state index in [0.717, 1.165) is 28.0 Å². The summed E-state index contributed by atoms with van der Waals surface area (Å²) in [5.74, 6) is -3.13. The Balaban J connectivity index is 1.32. The second kappa shape index (κ2) is 12.0. The zero-order valence-electron chi connectivity index (χ0n) is 20.4. The molecule has 2 aromatic heterocycles. The van der Waals surface area contributed by atoms with Gasteiger partial charge < -0.3 is 21.0 Å². The van der Waals surface area contributed by atoms with Crippen molar-refractivity contribution in [1.82, 2.24) is 15.2 Å². The number of rotatable bonds is 9. The number of oxime groups is 1. The number of nitrogen functional groups attached to an aromatic ring is 1. The molecule has 0 radical (unpaired) electrons. The quantitative estimate of drug-likeness (QED) is 0.137. The summed E-state index contributed by atoms with van der Waals surface area (Å²) in [6, 6.07) is 4.25. The number of hydrogen-bond acceptors (Lipinski definition) is 12. The van der Waals surface area contributed by atoms with Crippen molar-refractivity contribution in [3.8, 4) is 0 Å². The van der Waals surface area contributed by atoms with Gasteiger partial charge in [-0.15, -0.1) is 34.4 Å². The molecule has 17 heteroatoms. The zero-order chi connectivity index (χ0) is 29.3. The van der Waals surface area contributed by atoms with Crippen LogP contribution in [0.5, 0.6) is 0 Å². The number of nitrogens with zero attached hydrogens (tertiary/aromatic N) is 3. The maximum Gasteiger partial charge on any atom is 0.352 e. The van der Waals surface area contributed by atoms with Crippen molar-refractivity contribution in [2.24, 2.45) is 5.16 Å². The van der Waals surface area contributed by atoms with Gasteiger partial charge in [-0.2, -0.15) is 0 Å². The van der Waals surface area contributed by atoms with Crippen LogP contribution in [0.3, 0.4) is 0 Å². The molecule has 1 unspecified atom stereocenters. The zero-order valence-corrected chi connectivity index (χ0v) is 23.7. The number of carbonyl (C=O) groups excluding carboxylic acids is 2. The summed E-state index contributed by atoms with van der Waals surface area (Å²) in [4.78, 5) is 59.8. The van der Waals surface area contributed by atoms with E-state index >= 15 is 0 Å². The number of aromatic nitrogens is 1. The summed E-state index contributed by atoms with van der Waals surface area (Å²) in [5, 5.41) is 18.6. The van der Waals surface area contributed by atoms with Crippen molar-refractivity contribution in [3.63, 3.8) is 0 Å². The first-order valence-corrected chi connectivity index (χ1v) is 15.1. The van der Waals surface area contributed by atoms with Crippen molar-refractivity contribution in [1.29, 1.82) is 0 Å². The number of nitrogens with two attached hydrogens (primary N) is 1. The fraction of sp³-hybridized carbons (Fsp3) is 0.167. The number of carboxylic acid groups (broad SMARTS) is 1. The maximum absolute atomic E-state index is 13.6. The molecule has 1 aromatic carbocycles. The van der Waals surface area contributed by atoms with Crippen LogP contribution in [0.2, 0.25) is 0 Å². The first-order valence-electron chi connectivity index (χ1n) is 11.4. The molecule has 0 aliphatic carbocycles. The molecule has 2 aliphatic rings. The minimum Gasteiger partial charge on any atom is -0.477 e. The first kappa shape index (κ1) is 28.7. The van der Waals surface area contributed by atoms with Gasteiger partial charge in [-0.05, 0) is 35.3 Å². The Kier molecular flexibility index (Phi) is 8.39. The van der Waals surface area contributed by atoms with Gasteiger partial charge in [0.25, 0.3) is 18.7 Å². The van der Waals surface area contributed by atoms with Crippen molar-refractivity contribution >= 4 is 84.9 Å². The molecule has 2 atom stereocenters. The molecule has 4 heterocycles. The lowest BCUT2D eigenvalue weighted by molar-refractivity contribution is -0.150. The molecule has 0 spiro atoms. The molecule has 5 rings (SSSR count). The molecule has 0 bridgehead atoms. The Morgan fingerprint density at radius 1 is 1.34 bits per heavy atom. The lowest BCUT2D eigenvalue weighted by atomic mass is 10.0. The number of hydrogen-bond donors (Lipinski definition) is 3. The maximum atomic E-state index is 13.6. The number of allylic oxidation sites excluding steroid dienone is 1. The number of β-lactam (4-membered cyclic amide) rings is 1. The highest BCUT2D eigenvalue weighted by Gasteiger charge is 2.54. The fourth-order valence-corrected chi connectivity index (χ4v) is 7.89. The van der Waals surface area contributed by atoms with Crippen molar-refractivity contribution < 1.29 is 33.1 Å². The van der Waals surface area contributed by atoms with Crippen LogP contribution in [0.1, 0.15) is 5.69 Å².